The Morgan fingerprint density at radius 3 is 2.75 bits per heavy atom. The molecule has 0 fully saturated rings. The van der Waals surface area contributed by atoms with Gasteiger partial charge in [0.15, 0.2) is 0 Å². The molecule has 16 heavy (non-hydrogen) atoms. The summed E-state index contributed by atoms with van der Waals surface area (Å²) in [5.74, 6) is 0.502. The van der Waals surface area contributed by atoms with E-state index in [4.69, 9.17) is 0 Å². The quantitative estimate of drug-likeness (QED) is 0.911. The zero-order chi connectivity index (χ0) is 11.5. The second-order valence-electron chi connectivity index (χ2n) is 3.81. The number of thiazole rings is 1. The van der Waals surface area contributed by atoms with Gasteiger partial charge in [0.25, 0.3) is 0 Å². The maximum Gasteiger partial charge on any atom is 0.205 e. The molecule has 2 aromatic heterocycles. The molecule has 86 valence electrons. The third-order valence-electron chi connectivity index (χ3n) is 2.01. The Labute approximate surface area is 103 Å². The van der Waals surface area contributed by atoms with Gasteiger partial charge >= 0.3 is 0 Å². The van der Waals surface area contributed by atoms with Crippen molar-refractivity contribution in [1.82, 2.24) is 15.2 Å². The third-order valence-corrected chi connectivity index (χ3v) is 4.00. The van der Waals surface area contributed by atoms with E-state index >= 15 is 0 Å². The van der Waals surface area contributed by atoms with Crippen LogP contribution in [0.2, 0.25) is 0 Å². The number of aromatic nitrogens is 3. The first-order valence-electron chi connectivity index (χ1n) is 5.13. The molecule has 0 aromatic carbocycles. The van der Waals surface area contributed by atoms with E-state index < -0.39 is 0 Å². The number of hydrogen-bond donors (Lipinski definition) is 1. The monoisotopic (exact) mass is 254 g/mol. The summed E-state index contributed by atoms with van der Waals surface area (Å²) < 4.78 is 0. The SMILES string of the molecule is Cc1nnc(NCc2csc(C(C)C)n2)s1. The van der Waals surface area contributed by atoms with E-state index in [-0.39, 0.29) is 0 Å². The van der Waals surface area contributed by atoms with Crippen molar-refractivity contribution in [3.8, 4) is 0 Å². The van der Waals surface area contributed by atoms with Crippen LogP contribution in [0, 0.1) is 6.92 Å². The first-order valence-corrected chi connectivity index (χ1v) is 6.83. The lowest BCUT2D eigenvalue weighted by atomic mass is 10.2. The van der Waals surface area contributed by atoms with Gasteiger partial charge in [-0.05, 0) is 6.92 Å². The van der Waals surface area contributed by atoms with Gasteiger partial charge in [-0.1, -0.05) is 25.2 Å². The number of aryl methyl sites for hydroxylation is 1. The normalized spacial score (nSPS) is 11.0. The molecule has 2 rings (SSSR count). The minimum atomic E-state index is 0.502. The average Bonchev–Trinajstić information content (AvgIpc) is 2.83. The zero-order valence-corrected chi connectivity index (χ0v) is 11.2. The summed E-state index contributed by atoms with van der Waals surface area (Å²) >= 11 is 3.28. The van der Waals surface area contributed by atoms with E-state index in [1.54, 1.807) is 22.7 Å². The highest BCUT2D eigenvalue weighted by Crippen LogP contribution is 2.20. The number of hydrogen-bond acceptors (Lipinski definition) is 6. The highest BCUT2D eigenvalue weighted by atomic mass is 32.1. The van der Waals surface area contributed by atoms with E-state index in [1.807, 2.05) is 6.92 Å². The van der Waals surface area contributed by atoms with Gasteiger partial charge in [-0.25, -0.2) is 4.98 Å². The van der Waals surface area contributed by atoms with Gasteiger partial charge in [0.05, 0.1) is 17.2 Å². The number of nitrogens with one attached hydrogen (secondary N) is 1. The summed E-state index contributed by atoms with van der Waals surface area (Å²) in [5, 5.41) is 16.3. The lowest BCUT2D eigenvalue weighted by Crippen LogP contribution is -1.99. The number of nitrogens with zero attached hydrogens (tertiary/aromatic N) is 3. The molecule has 1 N–H and O–H groups in total. The Balaban J connectivity index is 1.94. The van der Waals surface area contributed by atoms with Crippen molar-refractivity contribution in [3.05, 3.63) is 21.1 Å². The standard InChI is InChI=1S/C10H14N4S2/c1-6(2)9-12-8(5-15-9)4-11-10-14-13-7(3)16-10/h5-6H,4H2,1-3H3,(H,11,14). The van der Waals surface area contributed by atoms with Crippen LogP contribution in [-0.2, 0) is 6.54 Å². The number of anilines is 1. The molecule has 0 saturated heterocycles. The van der Waals surface area contributed by atoms with Crippen molar-refractivity contribution >= 4 is 27.8 Å². The van der Waals surface area contributed by atoms with Crippen LogP contribution >= 0.6 is 22.7 Å². The van der Waals surface area contributed by atoms with Crippen LogP contribution in [-0.4, -0.2) is 15.2 Å². The largest absolute Gasteiger partial charge is 0.354 e. The molecular weight excluding hydrogens is 240 g/mol. The Kier molecular flexibility index (Phi) is 3.50. The molecule has 0 spiro atoms. The van der Waals surface area contributed by atoms with Crippen LogP contribution in [0.15, 0.2) is 5.38 Å². The molecule has 6 heteroatoms. The Morgan fingerprint density at radius 1 is 1.38 bits per heavy atom. The van der Waals surface area contributed by atoms with Crippen molar-refractivity contribution in [3.63, 3.8) is 0 Å². The predicted molar refractivity (Wildman–Crippen MR) is 68.2 cm³/mol. The predicted octanol–water partition coefficient (Wildman–Crippen LogP) is 3.04. The second-order valence-corrected chi connectivity index (χ2v) is 5.88. The van der Waals surface area contributed by atoms with Gasteiger partial charge in [0.1, 0.15) is 5.01 Å². The van der Waals surface area contributed by atoms with Crippen LogP contribution < -0.4 is 5.32 Å². The highest BCUT2D eigenvalue weighted by Gasteiger charge is 2.06. The topological polar surface area (TPSA) is 50.7 Å². The maximum absolute atomic E-state index is 4.54. The van der Waals surface area contributed by atoms with Gasteiger partial charge in [-0.2, -0.15) is 0 Å². The molecule has 4 nitrogen and oxygen atoms in total. The van der Waals surface area contributed by atoms with Crippen LogP contribution in [0.1, 0.15) is 35.5 Å². The maximum atomic E-state index is 4.54. The summed E-state index contributed by atoms with van der Waals surface area (Å²) in [6, 6.07) is 0. The fourth-order valence-corrected chi connectivity index (χ4v) is 2.63. The van der Waals surface area contributed by atoms with Gasteiger partial charge < -0.3 is 5.32 Å². The minimum absolute atomic E-state index is 0.502. The van der Waals surface area contributed by atoms with Crippen molar-refractivity contribution in [2.24, 2.45) is 0 Å². The Morgan fingerprint density at radius 2 is 2.19 bits per heavy atom. The van der Waals surface area contributed by atoms with E-state index in [0.29, 0.717) is 5.92 Å². The van der Waals surface area contributed by atoms with Crippen LogP contribution in [0.5, 0.6) is 0 Å². The summed E-state index contributed by atoms with van der Waals surface area (Å²) in [4.78, 5) is 4.54. The minimum Gasteiger partial charge on any atom is -0.354 e. The van der Waals surface area contributed by atoms with Crippen LogP contribution in [0.4, 0.5) is 5.13 Å². The zero-order valence-electron chi connectivity index (χ0n) is 9.52. The van der Waals surface area contributed by atoms with Gasteiger partial charge in [-0.3, -0.25) is 0 Å². The molecule has 0 aliphatic carbocycles. The van der Waals surface area contributed by atoms with E-state index in [1.165, 1.54) is 5.01 Å². The van der Waals surface area contributed by atoms with Gasteiger partial charge in [0.2, 0.25) is 5.13 Å². The molecule has 0 bridgehead atoms. The lowest BCUT2D eigenvalue weighted by molar-refractivity contribution is 0.840. The van der Waals surface area contributed by atoms with E-state index in [2.05, 4.69) is 39.7 Å². The van der Waals surface area contributed by atoms with E-state index in [9.17, 15) is 0 Å². The first-order chi connectivity index (χ1) is 7.65. The van der Waals surface area contributed by atoms with Crippen LogP contribution in [0.25, 0.3) is 0 Å². The fraction of sp³-hybridized carbons (Fsp3) is 0.500. The van der Waals surface area contributed by atoms with Crippen molar-refractivity contribution in [1.29, 1.82) is 0 Å². The molecule has 0 amide bonds. The Bertz CT molecular complexity index is 461. The highest BCUT2D eigenvalue weighted by molar-refractivity contribution is 7.15. The molecule has 0 aliphatic heterocycles. The van der Waals surface area contributed by atoms with Gasteiger partial charge in [-0.15, -0.1) is 21.5 Å². The van der Waals surface area contributed by atoms with Crippen molar-refractivity contribution in [2.75, 3.05) is 5.32 Å². The van der Waals surface area contributed by atoms with Crippen molar-refractivity contribution in [2.45, 2.75) is 33.2 Å². The van der Waals surface area contributed by atoms with Gasteiger partial charge in [0, 0.05) is 11.3 Å². The molecule has 0 aliphatic rings. The molecule has 2 heterocycles. The summed E-state index contributed by atoms with van der Waals surface area (Å²) in [6.07, 6.45) is 0. The van der Waals surface area contributed by atoms with Crippen molar-refractivity contribution < 1.29 is 0 Å². The van der Waals surface area contributed by atoms with E-state index in [0.717, 1.165) is 22.4 Å². The molecular formula is C10H14N4S2. The molecule has 2 aromatic rings. The number of rotatable bonds is 4. The fourth-order valence-electron chi connectivity index (χ4n) is 1.20. The summed E-state index contributed by atoms with van der Waals surface area (Å²) in [5.41, 5.74) is 1.07. The molecule has 0 unspecified atom stereocenters. The first kappa shape index (κ1) is 11.5. The molecule has 0 atom stereocenters. The average molecular weight is 254 g/mol. The Hall–Kier alpha value is -1.01. The second kappa shape index (κ2) is 4.88. The summed E-state index contributed by atoms with van der Waals surface area (Å²) in [6.45, 7) is 6.98. The lowest BCUT2D eigenvalue weighted by Gasteiger charge is -1.98. The molecule has 0 radical (unpaired) electrons. The van der Waals surface area contributed by atoms with Crippen LogP contribution in [0.3, 0.4) is 0 Å². The third kappa shape index (κ3) is 2.76. The summed E-state index contributed by atoms with van der Waals surface area (Å²) in [7, 11) is 0. The molecule has 0 saturated carbocycles. The smallest absolute Gasteiger partial charge is 0.205 e.